The zero-order chi connectivity index (χ0) is 21.1. The summed E-state index contributed by atoms with van der Waals surface area (Å²) in [6, 6.07) is 4.94. The molecule has 9 nitrogen and oxygen atoms in total. The van der Waals surface area contributed by atoms with E-state index in [0.717, 1.165) is 42.6 Å². The smallest absolute Gasteiger partial charge is 0.536 e. The Bertz CT molecular complexity index is 933. The first-order valence-electron chi connectivity index (χ1n) is 9.70. The van der Waals surface area contributed by atoms with E-state index in [1.165, 1.54) is 6.07 Å². The van der Waals surface area contributed by atoms with E-state index in [9.17, 15) is 14.8 Å². The molecule has 2 aliphatic rings. The van der Waals surface area contributed by atoms with Crippen LogP contribution in [-0.2, 0) is 6.42 Å². The van der Waals surface area contributed by atoms with Gasteiger partial charge in [0.25, 0.3) is 0 Å². The van der Waals surface area contributed by atoms with Crippen LogP contribution in [-0.4, -0.2) is 66.7 Å². The summed E-state index contributed by atoms with van der Waals surface area (Å²) in [7, 11) is -1.02. The largest absolute Gasteiger partial charge is 0.570 e. The standard InChI is InChI=1S/C19H22BN5O4S/c1-13(12-24-6-8-25(9-7-24)19-21-5-10-30-19)22-16-11-14-3-2-4-15(18(26)27)17(14)29-20(16)23-28/h2-5,10,16,22H,1,6-9,11-12H2,(H,26,27). The Morgan fingerprint density at radius 1 is 1.40 bits per heavy atom. The van der Waals surface area contributed by atoms with E-state index in [1.54, 1.807) is 23.5 Å². The maximum absolute atomic E-state index is 11.4. The van der Waals surface area contributed by atoms with Crippen LogP contribution in [0, 0.1) is 4.91 Å². The third kappa shape index (κ3) is 4.31. The zero-order valence-corrected chi connectivity index (χ0v) is 17.2. The number of aromatic nitrogens is 1. The van der Waals surface area contributed by atoms with E-state index in [-0.39, 0.29) is 11.3 Å². The second kappa shape index (κ2) is 8.84. The fraction of sp³-hybridized carbons (Fsp3) is 0.368. The van der Waals surface area contributed by atoms with Gasteiger partial charge in [-0.3, -0.25) is 4.90 Å². The number of nitrogens with one attached hydrogen (secondary N) is 1. The van der Waals surface area contributed by atoms with E-state index < -0.39 is 19.0 Å². The van der Waals surface area contributed by atoms with E-state index in [2.05, 4.69) is 31.8 Å². The lowest BCUT2D eigenvalue weighted by Gasteiger charge is -2.36. The fourth-order valence-electron chi connectivity index (χ4n) is 3.86. The average molecular weight is 427 g/mol. The highest BCUT2D eigenvalue weighted by molar-refractivity contribution is 7.13. The minimum atomic E-state index is -1.09. The van der Waals surface area contributed by atoms with Crippen LogP contribution in [0.15, 0.2) is 47.1 Å². The molecule has 30 heavy (non-hydrogen) atoms. The van der Waals surface area contributed by atoms with Gasteiger partial charge in [0.2, 0.25) is 0 Å². The molecule has 0 bridgehead atoms. The molecule has 2 N–H and O–H groups in total. The molecular weight excluding hydrogens is 405 g/mol. The number of nitrogens with zero attached hydrogens (tertiary/aromatic N) is 4. The van der Waals surface area contributed by atoms with Crippen LogP contribution in [0.1, 0.15) is 15.9 Å². The van der Waals surface area contributed by atoms with Crippen LogP contribution >= 0.6 is 11.3 Å². The lowest BCUT2D eigenvalue weighted by molar-refractivity contribution is 0.0694. The molecule has 3 heterocycles. The highest BCUT2D eigenvalue weighted by Gasteiger charge is 2.39. The van der Waals surface area contributed by atoms with Gasteiger partial charge in [-0.2, -0.15) is 4.91 Å². The minimum Gasteiger partial charge on any atom is -0.536 e. The van der Waals surface area contributed by atoms with Crippen LogP contribution in [0.2, 0.25) is 0 Å². The van der Waals surface area contributed by atoms with Gasteiger partial charge < -0.3 is 20.0 Å². The second-order valence-electron chi connectivity index (χ2n) is 7.35. The molecular formula is C19H22BN5O4S. The van der Waals surface area contributed by atoms with Gasteiger partial charge in [0.05, 0.1) is 11.5 Å². The van der Waals surface area contributed by atoms with Crippen molar-refractivity contribution in [3.8, 4) is 5.75 Å². The maximum atomic E-state index is 11.4. The van der Waals surface area contributed by atoms with Gasteiger partial charge >= 0.3 is 13.0 Å². The third-order valence-electron chi connectivity index (χ3n) is 5.32. The molecule has 4 rings (SSSR count). The molecule has 1 saturated heterocycles. The lowest BCUT2D eigenvalue weighted by Crippen LogP contribution is -2.52. The summed E-state index contributed by atoms with van der Waals surface area (Å²) in [6.07, 6.45) is 2.25. The van der Waals surface area contributed by atoms with Crippen LogP contribution in [0.25, 0.3) is 0 Å². The summed E-state index contributed by atoms with van der Waals surface area (Å²) in [4.78, 5) is 31.7. The highest BCUT2D eigenvalue weighted by Crippen LogP contribution is 2.31. The number of carboxylic acid groups (broad SMARTS) is 1. The molecule has 11 heteroatoms. The predicted octanol–water partition coefficient (Wildman–Crippen LogP) is 1.86. The van der Waals surface area contributed by atoms with E-state index >= 15 is 0 Å². The molecule has 0 amide bonds. The molecule has 0 saturated carbocycles. The van der Waals surface area contributed by atoms with Crippen molar-refractivity contribution in [2.45, 2.75) is 12.4 Å². The van der Waals surface area contributed by atoms with E-state index in [4.69, 9.17) is 4.65 Å². The van der Waals surface area contributed by atoms with Gasteiger partial charge in [-0.15, -0.1) is 11.3 Å². The van der Waals surface area contributed by atoms with Crippen LogP contribution in [0.4, 0.5) is 5.13 Å². The van der Waals surface area contributed by atoms with Gasteiger partial charge in [0, 0.05) is 50.0 Å². The number of rotatable bonds is 7. The van der Waals surface area contributed by atoms with Crippen molar-refractivity contribution >= 4 is 29.5 Å². The Kier molecular flexibility index (Phi) is 6.00. The van der Waals surface area contributed by atoms with E-state index in [0.29, 0.717) is 13.0 Å². The number of carbonyl (C=O) groups is 1. The quantitative estimate of drug-likeness (QED) is 0.510. The van der Waals surface area contributed by atoms with Crippen molar-refractivity contribution in [1.29, 1.82) is 0 Å². The van der Waals surface area contributed by atoms with Crippen molar-refractivity contribution in [2.75, 3.05) is 37.6 Å². The first kappa shape index (κ1) is 20.4. The lowest BCUT2D eigenvalue weighted by atomic mass is 9.68. The molecule has 156 valence electrons. The van der Waals surface area contributed by atoms with Crippen molar-refractivity contribution in [3.63, 3.8) is 0 Å². The number of hydrogen-bond donors (Lipinski definition) is 2. The summed E-state index contributed by atoms with van der Waals surface area (Å²) in [5.74, 6) is -1.27. The topological polar surface area (TPSA) is 107 Å². The summed E-state index contributed by atoms with van der Waals surface area (Å²) in [6.45, 7) is 8.34. The fourth-order valence-corrected chi connectivity index (χ4v) is 4.55. The molecule has 1 atom stereocenters. The normalized spacial score (nSPS) is 19.0. The number of fused-ring (bicyclic) bond motifs is 1. The number of nitroso groups, excluding NO2 is 1. The maximum Gasteiger partial charge on any atom is 0.570 e. The van der Waals surface area contributed by atoms with Crippen molar-refractivity contribution in [2.24, 2.45) is 5.09 Å². The number of aromatic carboxylic acids is 1. The van der Waals surface area contributed by atoms with Gasteiger partial charge in [-0.05, 0) is 18.1 Å². The molecule has 1 aromatic carbocycles. The molecule has 2 aromatic rings. The van der Waals surface area contributed by atoms with Gasteiger partial charge in [0.1, 0.15) is 5.75 Å². The molecule has 1 aromatic heterocycles. The van der Waals surface area contributed by atoms with Crippen molar-refractivity contribution < 1.29 is 14.6 Å². The Hall–Kier alpha value is -2.92. The Morgan fingerprint density at radius 2 is 2.20 bits per heavy atom. The molecule has 0 radical (unpaired) electrons. The first-order chi connectivity index (χ1) is 14.5. The van der Waals surface area contributed by atoms with Gasteiger partial charge in [-0.1, -0.05) is 23.8 Å². The number of benzene rings is 1. The Labute approximate surface area is 178 Å². The third-order valence-corrected chi connectivity index (χ3v) is 6.15. The molecule has 1 fully saturated rings. The van der Waals surface area contributed by atoms with Gasteiger partial charge in [0.15, 0.2) is 5.13 Å². The number of thiazole rings is 1. The SMILES string of the molecule is C=C(CN1CCN(c2nccs2)CC1)NC1Cc2cccc(C(=O)O)c2OB1N=O. The van der Waals surface area contributed by atoms with Crippen molar-refractivity contribution in [3.05, 3.63) is 58.1 Å². The average Bonchev–Trinajstić information content (AvgIpc) is 3.28. The summed E-state index contributed by atoms with van der Waals surface area (Å²) >= 11 is 1.64. The van der Waals surface area contributed by atoms with E-state index in [1.807, 2.05) is 11.6 Å². The molecule has 2 aliphatic heterocycles. The molecule has 1 unspecified atom stereocenters. The Morgan fingerprint density at radius 3 is 2.87 bits per heavy atom. The van der Waals surface area contributed by atoms with Crippen LogP contribution < -0.4 is 14.9 Å². The Balaban J connectivity index is 1.35. The van der Waals surface area contributed by atoms with Gasteiger partial charge in [-0.25, -0.2) is 9.78 Å². The first-order valence-corrected chi connectivity index (χ1v) is 10.6. The number of piperazine rings is 1. The minimum absolute atomic E-state index is 0.0385. The summed E-state index contributed by atoms with van der Waals surface area (Å²) in [5.41, 5.74) is 1.55. The predicted molar refractivity (Wildman–Crippen MR) is 116 cm³/mol. The second-order valence-corrected chi connectivity index (χ2v) is 8.22. The number of hydrogen-bond acceptors (Lipinski definition) is 9. The molecule has 0 aliphatic carbocycles. The monoisotopic (exact) mass is 427 g/mol. The number of anilines is 1. The number of para-hydroxylation sites is 1. The summed E-state index contributed by atoms with van der Waals surface area (Å²) in [5, 5.41) is 18.7. The van der Waals surface area contributed by atoms with Crippen LogP contribution in [0.3, 0.4) is 0 Å². The van der Waals surface area contributed by atoms with Crippen molar-refractivity contribution in [1.82, 2.24) is 15.2 Å². The van der Waals surface area contributed by atoms with Crippen LogP contribution in [0.5, 0.6) is 5.75 Å². The summed E-state index contributed by atoms with van der Waals surface area (Å²) < 4.78 is 5.64. The highest BCUT2D eigenvalue weighted by atomic mass is 32.1. The zero-order valence-electron chi connectivity index (χ0n) is 16.4. The number of carboxylic acids is 1. The molecule has 0 spiro atoms.